The van der Waals surface area contributed by atoms with Gasteiger partial charge in [0, 0.05) is 32.7 Å². The van der Waals surface area contributed by atoms with Gasteiger partial charge in [0.25, 0.3) is 0 Å². The topological polar surface area (TPSA) is 12.4 Å². The number of hydrogen-bond donors (Lipinski definition) is 0. The SMILES string of the molecule is CC(C)(C)C.C[C-]=Nc1[c-]cccc1.[Y]. The van der Waals surface area contributed by atoms with Crippen molar-refractivity contribution in [1.29, 1.82) is 0 Å². The Kier molecular flexibility index (Phi) is 10.7. The number of benzene rings is 1. The molecule has 0 aliphatic rings. The summed E-state index contributed by atoms with van der Waals surface area (Å²) in [6.07, 6.45) is 2.68. The predicted molar refractivity (Wildman–Crippen MR) is 63.2 cm³/mol. The third kappa shape index (κ3) is 16.7. The summed E-state index contributed by atoms with van der Waals surface area (Å²) in [5, 5.41) is 0. The molecule has 0 aromatic heterocycles. The maximum atomic E-state index is 3.90. The Morgan fingerprint density at radius 1 is 1.20 bits per heavy atom. The maximum absolute atomic E-state index is 3.90. The van der Waals surface area contributed by atoms with Crippen molar-refractivity contribution in [2.45, 2.75) is 34.6 Å². The first-order valence-corrected chi connectivity index (χ1v) is 4.77. The van der Waals surface area contributed by atoms with E-state index in [0.717, 1.165) is 5.69 Å². The molecule has 15 heavy (non-hydrogen) atoms. The second-order valence-corrected chi connectivity index (χ2v) is 4.58. The molecule has 0 N–H and O–H groups in total. The van der Waals surface area contributed by atoms with E-state index in [9.17, 15) is 0 Å². The fourth-order valence-corrected chi connectivity index (χ4v) is 0.574. The Morgan fingerprint density at radius 2 is 1.73 bits per heavy atom. The van der Waals surface area contributed by atoms with Crippen LogP contribution in [-0.2, 0) is 32.7 Å². The Hall–Kier alpha value is -0.00610. The van der Waals surface area contributed by atoms with Crippen molar-refractivity contribution in [3.05, 3.63) is 30.3 Å². The van der Waals surface area contributed by atoms with E-state index in [0.29, 0.717) is 5.41 Å². The predicted octanol–water partition coefficient (Wildman–Crippen LogP) is 4.14. The van der Waals surface area contributed by atoms with Gasteiger partial charge in [-0.05, 0) is 5.41 Å². The Labute approximate surface area is 119 Å². The van der Waals surface area contributed by atoms with Crippen LogP contribution in [0.25, 0.3) is 0 Å². The normalized spacial score (nSPS) is 10.2. The molecule has 0 saturated carbocycles. The first-order chi connectivity index (χ1) is 6.43. The van der Waals surface area contributed by atoms with Gasteiger partial charge in [-0.15, -0.1) is 6.92 Å². The summed E-state index contributed by atoms with van der Waals surface area (Å²) in [6.45, 7) is 10.5. The minimum Gasteiger partial charge on any atom is -0.482 e. The average molecular weight is 278 g/mol. The Bertz CT molecular complexity index is 254. The van der Waals surface area contributed by atoms with Crippen LogP contribution in [0.1, 0.15) is 34.6 Å². The van der Waals surface area contributed by atoms with Crippen LogP contribution >= 0.6 is 0 Å². The van der Waals surface area contributed by atoms with Crippen LogP contribution < -0.4 is 0 Å². The van der Waals surface area contributed by atoms with E-state index in [4.69, 9.17) is 0 Å². The molecule has 0 amide bonds. The monoisotopic (exact) mass is 278 g/mol. The smallest absolute Gasteiger partial charge is 0 e. The number of para-hydroxylation sites is 1. The van der Waals surface area contributed by atoms with Gasteiger partial charge in [0.2, 0.25) is 0 Å². The molecule has 0 bridgehead atoms. The van der Waals surface area contributed by atoms with E-state index >= 15 is 0 Å². The number of hydrogen-bond acceptors (Lipinski definition) is 1. The average Bonchev–Trinajstić information content (AvgIpc) is 2.03. The van der Waals surface area contributed by atoms with Gasteiger partial charge in [0.1, 0.15) is 0 Å². The van der Waals surface area contributed by atoms with Gasteiger partial charge in [-0.25, -0.2) is 11.8 Å². The molecule has 0 atom stereocenters. The molecule has 81 valence electrons. The van der Waals surface area contributed by atoms with Crippen LogP contribution in [0.5, 0.6) is 0 Å². The fraction of sp³-hybridized carbons (Fsp3) is 0.462. The molecule has 2 heteroatoms. The molecule has 1 rings (SSSR count). The number of aliphatic imine (C=N–C) groups is 1. The van der Waals surface area contributed by atoms with E-state index in [1.807, 2.05) is 24.3 Å². The molecule has 0 unspecified atom stereocenters. The van der Waals surface area contributed by atoms with Crippen LogP contribution in [0.4, 0.5) is 5.69 Å². The molecule has 1 nitrogen and oxygen atoms in total. The van der Waals surface area contributed by atoms with Gasteiger partial charge in [-0.2, -0.15) is 24.4 Å². The van der Waals surface area contributed by atoms with Crippen LogP contribution in [-0.4, -0.2) is 6.21 Å². The standard InChI is InChI=1S/C8H7N.C5H12.Y/c1-2-9-8-6-4-3-5-7-8;1-5(2,3)4;/h3-6H,1H3;1-4H3;/q-2;;. The van der Waals surface area contributed by atoms with Crippen molar-refractivity contribution >= 4 is 11.9 Å². The van der Waals surface area contributed by atoms with Crippen molar-refractivity contribution in [2.75, 3.05) is 0 Å². The van der Waals surface area contributed by atoms with E-state index in [1.165, 1.54) is 0 Å². The molecule has 0 spiro atoms. The summed E-state index contributed by atoms with van der Waals surface area (Å²) < 4.78 is 0. The Morgan fingerprint density at radius 3 is 2.07 bits per heavy atom. The van der Waals surface area contributed by atoms with E-state index in [-0.39, 0.29) is 32.7 Å². The van der Waals surface area contributed by atoms with Crippen LogP contribution in [0.2, 0.25) is 0 Å². The van der Waals surface area contributed by atoms with E-state index in [2.05, 4.69) is 45.0 Å². The van der Waals surface area contributed by atoms with Gasteiger partial charge in [-0.1, -0.05) is 27.7 Å². The third-order valence-corrected chi connectivity index (χ3v) is 0.925. The quantitative estimate of drug-likeness (QED) is 0.541. The molecule has 1 radical (unpaired) electrons. The Balaban J connectivity index is 0. The first kappa shape index (κ1) is 17.4. The molecule has 0 fully saturated rings. The van der Waals surface area contributed by atoms with Gasteiger partial charge < -0.3 is 4.99 Å². The van der Waals surface area contributed by atoms with Crippen molar-refractivity contribution < 1.29 is 32.7 Å². The summed E-state index contributed by atoms with van der Waals surface area (Å²) in [7, 11) is 0. The van der Waals surface area contributed by atoms with Crippen molar-refractivity contribution in [2.24, 2.45) is 10.4 Å². The van der Waals surface area contributed by atoms with Crippen LogP contribution in [0.3, 0.4) is 0 Å². The third-order valence-electron chi connectivity index (χ3n) is 0.925. The van der Waals surface area contributed by atoms with Gasteiger partial charge >= 0.3 is 0 Å². The van der Waals surface area contributed by atoms with Crippen molar-refractivity contribution in [3.8, 4) is 0 Å². The fourth-order valence-electron chi connectivity index (χ4n) is 0.574. The zero-order valence-corrected chi connectivity index (χ0v) is 13.2. The van der Waals surface area contributed by atoms with E-state index < -0.39 is 0 Å². The number of rotatable bonds is 1. The molecule has 0 aliphatic heterocycles. The van der Waals surface area contributed by atoms with Crippen molar-refractivity contribution in [1.82, 2.24) is 0 Å². The van der Waals surface area contributed by atoms with Crippen LogP contribution in [0, 0.1) is 11.5 Å². The molecular formula is C13H19NY-2. The zero-order chi connectivity index (χ0) is 11.0. The molecular weight excluding hydrogens is 259 g/mol. The molecule has 1 aromatic carbocycles. The largest absolute Gasteiger partial charge is 0.482 e. The summed E-state index contributed by atoms with van der Waals surface area (Å²) in [6, 6.07) is 10.5. The summed E-state index contributed by atoms with van der Waals surface area (Å²) in [5.74, 6) is 0. The molecule has 1 aromatic rings. The molecule has 0 heterocycles. The van der Waals surface area contributed by atoms with Crippen molar-refractivity contribution in [3.63, 3.8) is 0 Å². The van der Waals surface area contributed by atoms with Crippen LogP contribution in [0.15, 0.2) is 29.3 Å². The minimum absolute atomic E-state index is 0. The van der Waals surface area contributed by atoms with E-state index in [1.54, 1.807) is 6.92 Å². The second kappa shape index (κ2) is 9.24. The summed E-state index contributed by atoms with van der Waals surface area (Å²) in [5.41, 5.74) is 1.33. The summed E-state index contributed by atoms with van der Waals surface area (Å²) in [4.78, 5) is 3.90. The molecule has 0 aliphatic carbocycles. The molecule has 0 saturated heterocycles. The van der Waals surface area contributed by atoms with Gasteiger partial charge in [0.15, 0.2) is 0 Å². The second-order valence-electron chi connectivity index (χ2n) is 4.58. The zero-order valence-electron chi connectivity index (χ0n) is 10.3. The minimum atomic E-state index is 0. The summed E-state index contributed by atoms with van der Waals surface area (Å²) >= 11 is 0. The number of nitrogens with zero attached hydrogens (tertiary/aromatic N) is 1. The van der Waals surface area contributed by atoms with Gasteiger partial charge in [0.05, 0.1) is 0 Å². The maximum Gasteiger partial charge on any atom is 0 e. The van der Waals surface area contributed by atoms with Gasteiger partial charge in [-0.3, -0.25) is 6.07 Å². The first-order valence-electron chi connectivity index (χ1n) is 4.77.